The molecule has 0 bridgehead atoms. The van der Waals surface area contributed by atoms with Crippen LogP contribution < -0.4 is 0 Å². The monoisotopic (exact) mass is 459 g/mol. The van der Waals surface area contributed by atoms with Crippen LogP contribution in [0.15, 0.2) is 90.3 Å². The molecule has 0 atom stereocenters. The summed E-state index contributed by atoms with van der Waals surface area (Å²) in [4.78, 5) is 9.16. The zero-order chi connectivity index (χ0) is 22.8. The number of imidazole rings is 2. The van der Waals surface area contributed by atoms with E-state index >= 15 is 0 Å². The van der Waals surface area contributed by atoms with Crippen LogP contribution in [0.5, 0.6) is 0 Å². The molecule has 0 aliphatic heterocycles. The normalized spacial score (nSPS) is 12.2. The van der Waals surface area contributed by atoms with Gasteiger partial charge in [-0.2, -0.15) is 4.31 Å². The second kappa shape index (κ2) is 8.80. The van der Waals surface area contributed by atoms with Crippen LogP contribution in [0.25, 0.3) is 22.1 Å². The van der Waals surface area contributed by atoms with Crippen LogP contribution in [0.4, 0.5) is 0 Å². The average molecular weight is 460 g/mol. The maximum atomic E-state index is 13.6. The number of hydrogen-bond donors (Lipinski definition) is 0. The van der Waals surface area contributed by atoms with Gasteiger partial charge in [-0.05, 0) is 43.3 Å². The van der Waals surface area contributed by atoms with Gasteiger partial charge in [0.15, 0.2) is 0 Å². The Hall–Kier alpha value is -3.49. The summed E-state index contributed by atoms with van der Waals surface area (Å²) >= 11 is 0. The summed E-state index contributed by atoms with van der Waals surface area (Å²) in [7, 11) is -3.66. The summed E-state index contributed by atoms with van der Waals surface area (Å²) in [5, 5.41) is 0. The highest BCUT2D eigenvalue weighted by molar-refractivity contribution is 7.89. The lowest BCUT2D eigenvalue weighted by Crippen LogP contribution is -2.36. The highest BCUT2D eigenvalue weighted by atomic mass is 32.2. The Morgan fingerprint density at radius 2 is 1.21 bits per heavy atom. The molecule has 2 heterocycles. The average Bonchev–Trinajstić information content (AvgIpc) is 3.43. The minimum atomic E-state index is -3.66. The van der Waals surface area contributed by atoms with Gasteiger partial charge < -0.3 is 9.13 Å². The number of aromatic nitrogens is 4. The first-order chi connectivity index (χ1) is 16.0. The van der Waals surface area contributed by atoms with Crippen molar-refractivity contribution < 1.29 is 8.42 Å². The van der Waals surface area contributed by atoms with Gasteiger partial charge in [0.1, 0.15) is 0 Å². The van der Waals surface area contributed by atoms with Gasteiger partial charge in [0.2, 0.25) is 10.0 Å². The molecule has 0 N–H and O–H groups in total. The van der Waals surface area contributed by atoms with Gasteiger partial charge in [-0.15, -0.1) is 0 Å². The Kier molecular flexibility index (Phi) is 5.70. The second-order valence-electron chi connectivity index (χ2n) is 8.07. The first-order valence-corrected chi connectivity index (χ1v) is 12.3. The molecule has 33 heavy (non-hydrogen) atoms. The van der Waals surface area contributed by atoms with Crippen molar-refractivity contribution in [1.29, 1.82) is 0 Å². The number of fused-ring (bicyclic) bond motifs is 2. The van der Waals surface area contributed by atoms with Crippen LogP contribution in [-0.2, 0) is 23.1 Å². The van der Waals surface area contributed by atoms with Gasteiger partial charge in [-0.1, -0.05) is 42.0 Å². The van der Waals surface area contributed by atoms with E-state index in [4.69, 9.17) is 0 Å². The maximum absolute atomic E-state index is 13.6. The number of benzene rings is 3. The molecule has 168 valence electrons. The molecule has 0 aliphatic rings. The van der Waals surface area contributed by atoms with E-state index in [0.29, 0.717) is 31.1 Å². The van der Waals surface area contributed by atoms with Crippen molar-refractivity contribution in [2.24, 2.45) is 0 Å². The molecule has 0 saturated carbocycles. The molecule has 0 aliphatic carbocycles. The van der Waals surface area contributed by atoms with Gasteiger partial charge in [0, 0.05) is 26.2 Å². The van der Waals surface area contributed by atoms with Gasteiger partial charge in [0.25, 0.3) is 0 Å². The maximum Gasteiger partial charge on any atom is 0.243 e. The Morgan fingerprint density at radius 1 is 0.727 bits per heavy atom. The smallest absolute Gasteiger partial charge is 0.243 e. The van der Waals surface area contributed by atoms with Crippen molar-refractivity contribution in [2.75, 3.05) is 13.1 Å². The predicted octanol–water partition coefficient (Wildman–Crippen LogP) is 4.09. The number of para-hydroxylation sites is 4. The third-order valence-electron chi connectivity index (χ3n) is 5.89. The molecule has 0 saturated heterocycles. The zero-order valence-electron chi connectivity index (χ0n) is 18.4. The largest absolute Gasteiger partial charge is 0.329 e. The molecule has 0 unspecified atom stereocenters. The molecule has 8 heteroatoms. The lowest BCUT2D eigenvalue weighted by Gasteiger charge is -2.23. The molecule has 0 fully saturated rings. The van der Waals surface area contributed by atoms with E-state index in [2.05, 4.69) is 9.97 Å². The highest BCUT2D eigenvalue weighted by Crippen LogP contribution is 2.19. The molecule has 3 aromatic carbocycles. The number of aryl methyl sites for hydroxylation is 1. The van der Waals surface area contributed by atoms with E-state index in [1.165, 1.54) is 0 Å². The fourth-order valence-electron chi connectivity index (χ4n) is 4.03. The molecule has 5 rings (SSSR count). The van der Waals surface area contributed by atoms with Crippen LogP contribution >= 0.6 is 0 Å². The summed E-state index contributed by atoms with van der Waals surface area (Å²) < 4.78 is 32.7. The Balaban J connectivity index is 1.42. The zero-order valence-corrected chi connectivity index (χ0v) is 19.2. The summed E-state index contributed by atoms with van der Waals surface area (Å²) in [5.41, 5.74) is 4.80. The minimum Gasteiger partial charge on any atom is -0.329 e. The van der Waals surface area contributed by atoms with E-state index in [1.807, 2.05) is 76.7 Å². The van der Waals surface area contributed by atoms with Crippen molar-refractivity contribution in [1.82, 2.24) is 23.4 Å². The quantitative estimate of drug-likeness (QED) is 0.350. The lowest BCUT2D eigenvalue weighted by molar-refractivity contribution is 0.379. The summed E-state index contributed by atoms with van der Waals surface area (Å²) in [6.07, 6.45) is 3.54. The van der Waals surface area contributed by atoms with Crippen LogP contribution in [0.3, 0.4) is 0 Å². The van der Waals surface area contributed by atoms with E-state index in [0.717, 1.165) is 27.6 Å². The SMILES string of the molecule is Cc1ccc(S(=O)(=O)N(CCn2cnc3ccccc32)CCn2cnc3ccccc32)cc1. The van der Waals surface area contributed by atoms with Crippen molar-refractivity contribution in [2.45, 2.75) is 24.9 Å². The minimum absolute atomic E-state index is 0.305. The van der Waals surface area contributed by atoms with Crippen molar-refractivity contribution in [3.63, 3.8) is 0 Å². The predicted molar refractivity (Wildman–Crippen MR) is 129 cm³/mol. The van der Waals surface area contributed by atoms with Gasteiger partial charge in [0.05, 0.1) is 39.6 Å². The standard InChI is InChI=1S/C25H25N5O2S/c1-20-10-12-21(13-11-20)33(31,32)30(16-14-28-18-26-22-6-2-4-8-24(22)28)17-15-29-19-27-23-7-3-5-9-25(23)29/h2-13,18-19H,14-17H2,1H3. The molecule has 2 aromatic heterocycles. The lowest BCUT2D eigenvalue weighted by atomic mass is 10.2. The van der Waals surface area contributed by atoms with Gasteiger partial charge in [-0.25, -0.2) is 18.4 Å². The van der Waals surface area contributed by atoms with Crippen LogP contribution in [0.2, 0.25) is 0 Å². The molecule has 0 amide bonds. The van der Waals surface area contributed by atoms with E-state index in [9.17, 15) is 8.42 Å². The van der Waals surface area contributed by atoms with Crippen molar-refractivity contribution in [3.8, 4) is 0 Å². The fraction of sp³-hybridized carbons (Fsp3) is 0.200. The number of sulfonamides is 1. The van der Waals surface area contributed by atoms with Gasteiger partial charge >= 0.3 is 0 Å². The van der Waals surface area contributed by atoms with Crippen molar-refractivity contribution in [3.05, 3.63) is 91.0 Å². The fourth-order valence-corrected chi connectivity index (χ4v) is 5.45. The molecule has 7 nitrogen and oxygen atoms in total. The molecule has 0 radical (unpaired) electrons. The van der Waals surface area contributed by atoms with Crippen LogP contribution in [0, 0.1) is 6.92 Å². The Morgan fingerprint density at radius 3 is 1.73 bits per heavy atom. The summed E-state index contributed by atoms with van der Waals surface area (Å²) in [6, 6.07) is 22.7. The molecular formula is C25H25N5O2S. The van der Waals surface area contributed by atoms with Gasteiger partial charge in [-0.3, -0.25) is 0 Å². The first kappa shape index (κ1) is 21.4. The summed E-state index contributed by atoms with van der Waals surface area (Å²) in [6.45, 7) is 3.64. The molecule has 0 spiro atoms. The molecular weight excluding hydrogens is 434 g/mol. The number of rotatable bonds is 8. The first-order valence-electron chi connectivity index (χ1n) is 10.9. The van der Waals surface area contributed by atoms with Crippen molar-refractivity contribution >= 4 is 32.1 Å². The molecule has 5 aromatic rings. The highest BCUT2D eigenvalue weighted by Gasteiger charge is 2.24. The Labute approximate surface area is 193 Å². The summed E-state index contributed by atoms with van der Waals surface area (Å²) in [5.74, 6) is 0. The topological polar surface area (TPSA) is 73.0 Å². The van der Waals surface area contributed by atoms with Crippen LogP contribution in [-0.4, -0.2) is 44.9 Å². The number of hydrogen-bond acceptors (Lipinski definition) is 4. The second-order valence-corrected chi connectivity index (χ2v) is 10.0. The van der Waals surface area contributed by atoms with E-state index < -0.39 is 10.0 Å². The number of nitrogens with zero attached hydrogens (tertiary/aromatic N) is 5. The van der Waals surface area contributed by atoms with E-state index in [-0.39, 0.29) is 0 Å². The van der Waals surface area contributed by atoms with Crippen LogP contribution in [0.1, 0.15) is 5.56 Å². The third kappa shape index (κ3) is 4.27. The third-order valence-corrected chi connectivity index (χ3v) is 7.81. The van der Waals surface area contributed by atoms with E-state index in [1.54, 1.807) is 29.1 Å². The Bertz CT molecular complexity index is 1420.